The molecular weight excluding hydrogens is 354 g/mol. The Morgan fingerprint density at radius 3 is 2.38 bits per heavy atom. The van der Waals surface area contributed by atoms with Crippen molar-refractivity contribution in [1.82, 2.24) is 15.1 Å². The molecule has 1 aliphatic heterocycles. The van der Waals surface area contributed by atoms with Crippen LogP contribution in [0.25, 0.3) is 0 Å². The molecule has 0 bridgehead atoms. The fourth-order valence-corrected chi connectivity index (χ4v) is 3.03. The SMILES string of the molecule is O=C(CNCCc1ccc(Cl)cc1)N1CCN(C(=O)c2ccco2)CC1. The standard InChI is InChI=1S/C19H22ClN3O3/c20-16-5-3-15(4-6-16)7-8-21-14-18(24)22-9-11-23(12-10-22)19(25)17-2-1-13-26-17/h1-6,13,21H,7-12,14H2. The number of hydrogen-bond donors (Lipinski definition) is 1. The molecule has 1 aromatic heterocycles. The lowest BCUT2D eigenvalue weighted by molar-refractivity contribution is -0.131. The van der Waals surface area contributed by atoms with E-state index in [0.29, 0.717) is 38.5 Å². The molecule has 0 spiro atoms. The summed E-state index contributed by atoms with van der Waals surface area (Å²) >= 11 is 5.86. The Bertz CT molecular complexity index is 723. The largest absolute Gasteiger partial charge is 0.459 e. The fourth-order valence-electron chi connectivity index (χ4n) is 2.91. The van der Waals surface area contributed by atoms with Crippen LogP contribution in [0.5, 0.6) is 0 Å². The Morgan fingerprint density at radius 2 is 1.73 bits per heavy atom. The lowest BCUT2D eigenvalue weighted by atomic mass is 10.1. The van der Waals surface area contributed by atoms with Gasteiger partial charge >= 0.3 is 0 Å². The normalized spacial score (nSPS) is 14.5. The zero-order valence-electron chi connectivity index (χ0n) is 14.5. The van der Waals surface area contributed by atoms with Crippen LogP contribution < -0.4 is 5.32 Å². The molecule has 26 heavy (non-hydrogen) atoms. The van der Waals surface area contributed by atoms with Crippen molar-refractivity contribution in [3.63, 3.8) is 0 Å². The number of hydrogen-bond acceptors (Lipinski definition) is 4. The summed E-state index contributed by atoms with van der Waals surface area (Å²) in [7, 11) is 0. The highest BCUT2D eigenvalue weighted by Crippen LogP contribution is 2.10. The average Bonchev–Trinajstić information content (AvgIpc) is 3.21. The Morgan fingerprint density at radius 1 is 1.04 bits per heavy atom. The van der Waals surface area contributed by atoms with Gasteiger partial charge in [0.25, 0.3) is 5.91 Å². The topological polar surface area (TPSA) is 65.8 Å². The Balaban J connectivity index is 1.36. The maximum absolute atomic E-state index is 12.3. The molecule has 3 rings (SSSR count). The fraction of sp³-hybridized carbons (Fsp3) is 0.368. The highest BCUT2D eigenvalue weighted by atomic mass is 35.5. The van der Waals surface area contributed by atoms with E-state index in [0.717, 1.165) is 18.0 Å². The predicted octanol–water partition coefficient (Wildman–Crippen LogP) is 2.05. The van der Waals surface area contributed by atoms with Gasteiger partial charge in [0.05, 0.1) is 12.8 Å². The zero-order valence-corrected chi connectivity index (χ0v) is 15.2. The summed E-state index contributed by atoms with van der Waals surface area (Å²) in [6, 6.07) is 11.1. The van der Waals surface area contributed by atoms with Gasteiger partial charge in [-0.05, 0) is 42.8 Å². The maximum Gasteiger partial charge on any atom is 0.289 e. The van der Waals surface area contributed by atoms with Crippen LogP contribution in [0, 0.1) is 0 Å². The van der Waals surface area contributed by atoms with E-state index in [9.17, 15) is 9.59 Å². The lowest BCUT2D eigenvalue weighted by Gasteiger charge is -2.34. The van der Waals surface area contributed by atoms with Crippen molar-refractivity contribution in [3.05, 3.63) is 59.0 Å². The van der Waals surface area contributed by atoms with Crippen molar-refractivity contribution in [1.29, 1.82) is 0 Å². The number of carbonyl (C=O) groups excluding carboxylic acids is 2. The third-order valence-corrected chi connectivity index (χ3v) is 4.68. The summed E-state index contributed by atoms with van der Waals surface area (Å²) in [5, 5.41) is 3.91. The number of amides is 2. The van der Waals surface area contributed by atoms with Crippen LogP contribution in [0.1, 0.15) is 16.1 Å². The molecule has 2 heterocycles. The predicted molar refractivity (Wildman–Crippen MR) is 99.2 cm³/mol. The number of nitrogens with one attached hydrogen (secondary N) is 1. The highest BCUT2D eigenvalue weighted by Gasteiger charge is 2.25. The van der Waals surface area contributed by atoms with Gasteiger partial charge in [-0.15, -0.1) is 0 Å². The molecule has 7 heteroatoms. The van der Waals surface area contributed by atoms with Gasteiger partial charge in [-0.1, -0.05) is 23.7 Å². The first-order valence-corrected chi connectivity index (χ1v) is 9.07. The van der Waals surface area contributed by atoms with Crippen LogP contribution in [0.4, 0.5) is 0 Å². The first-order chi connectivity index (χ1) is 12.6. The van der Waals surface area contributed by atoms with E-state index in [4.69, 9.17) is 16.0 Å². The second-order valence-corrected chi connectivity index (χ2v) is 6.64. The minimum absolute atomic E-state index is 0.0613. The van der Waals surface area contributed by atoms with Crippen LogP contribution in [-0.4, -0.2) is 60.9 Å². The summed E-state index contributed by atoms with van der Waals surface area (Å²) in [5.74, 6) is 0.281. The van der Waals surface area contributed by atoms with Gasteiger partial charge in [0, 0.05) is 31.2 Å². The molecule has 1 fully saturated rings. The molecule has 0 unspecified atom stereocenters. The van der Waals surface area contributed by atoms with Crippen LogP contribution >= 0.6 is 11.6 Å². The summed E-state index contributed by atoms with van der Waals surface area (Å²) in [6.07, 6.45) is 2.33. The zero-order chi connectivity index (χ0) is 18.4. The molecule has 2 amide bonds. The van der Waals surface area contributed by atoms with E-state index in [2.05, 4.69) is 5.32 Å². The molecule has 138 valence electrons. The van der Waals surface area contributed by atoms with Crippen LogP contribution in [0.15, 0.2) is 47.1 Å². The molecule has 0 atom stereocenters. The van der Waals surface area contributed by atoms with E-state index < -0.39 is 0 Å². The number of furan rings is 1. The third kappa shape index (κ3) is 4.86. The first kappa shape index (κ1) is 18.5. The Labute approximate surface area is 157 Å². The van der Waals surface area contributed by atoms with Crippen LogP contribution in [0.2, 0.25) is 5.02 Å². The van der Waals surface area contributed by atoms with Gasteiger partial charge in [0.1, 0.15) is 0 Å². The molecule has 1 saturated heterocycles. The molecule has 1 aliphatic rings. The van der Waals surface area contributed by atoms with Crippen molar-refractivity contribution in [2.24, 2.45) is 0 Å². The van der Waals surface area contributed by atoms with E-state index in [-0.39, 0.29) is 11.8 Å². The molecule has 0 saturated carbocycles. The minimum Gasteiger partial charge on any atom is -0.459 e. The van der Waals surface area contributed by atoms with Gasteiger partial charge in [0.15, 0.2) is 5.76 Å². The van der Waals surface area contributed by atoms with E-state index >= 15 is 0 Å². The molecule has 1 aromatic carbocycles. The van der Waals surface area contributed by atoms with Crippen LogP contribution in [-0.2, 0) is 11.2 Å². The maximum atomic E-state index is 12.3. The number of piperazine rings is 1. The Kier molecular flexibility index (Phi) is 6.30. The second-order valence-electron chi connectivity index (χ2n) is 6.20. The molecule has 0 aliphatic carbocycles. The number of benzene rings is 1. The van der Waals surface area contributed by atoms with E-state index in [1.165, 1.54) is 11.8 Å². The van der Waals surface area contributed by atoms with Gasteiger partial charge in [-0.2, -0.15) is 0 Å². The summed E-state index contributed by atoms with van der Waals surface area (Å²) in [4.78, 5) is 28.0. The van der Waals surface area contributed by atoms with Crippen molar-refractivity contribution in [3.8, 4) is 0 Å². The molecule has 1 N–H and O–H groups in total. The molecule has 0 radical (unpaired) electrons. The van der Waals surface area contributed by atoms with Crippen molar-refractivity contribution in [2.75, 3.05) is 39.3 Å². The second kappa shape index (κ2) is 8.87. The first-order valence-electron chi connectivity index (χ1n) is 8.69. The van der Waals surface area contributed by atoms with Crippen molar-refractivity contribution in [2.45, 2.75) is 6.42 Å². The van der Waals surface area contributed by atoms with E-state index in [1.54, 1.807) is 21.9 Å². The monoisotopic (exact) mass is 375 g/mol. The van der Waals surface area contributed by atoms with Gasteiger partial charge < -0.3 is 19.5 Å². The number of halogens is 1. The molecular formula is C19H22ClN3O3. The van der Waals surface area contributed by atoms with Crippen molar-refractivity contribution < 1.29 is 14.0 Å². The number of carbonyl (C=O) groups is 2. The summed E-state index contributed by atoms with van der Waals surface area (Å²) in [5.41, 5.74) is 1.18. The lowest BCUT2D eigenvalue weighted by Crippen LogP contribution is -2.52. The average molecular weight is 376 g/mol. The van der Waals surface area contributed by atoms with Gasteiger partial charge in [-0.3, -0.25) is 9.59 Å². The summed E-state index contributed by atoms with van der Waals surface area (Å²) < 4.78 is 5.14. The molecule has 6 nitrogen and oxygen atoms in total. The van der Waals surface area contributed by atoms with Crippen molar-refractivity contribution >= 4 is 23.4 Å². The van der Waals surface area contributed by atoms with E-state index in [1.807, 2.05) is 24.3 Å². The number of nitrogens with zero attached hydrogens (tertiary/aromatic N) is 2. The Hall–Kier alpha value is -2.31. The van der Waals surface area contributed by atoms with Crippen LogP contribution in [0.3, 0.4) is 0 Å². The smallest absolute Gasteiger partial charge is 0.289 e. The number of rotatable bonds is 6. The third-order valence-electron chi connectivity index (χ3n) is 4.43. The quantitative estimate of drug-likeness (QED) is 0.785. The summed E-state index contributed by atoms with van der Waals surface area (Å²) in [6.45, 7) is 3.17. The van der Waals surface area contributed by atoms with Gasteiger partial charge in [0.2, 0.25) is 5.91 Å². The highest BCUT2D eigenvalue weighted by molar-refractivity contribution is 6.30. The van der Waals surface area contributed by atoms with Gasteiger partial charge in [-0.25, -0.2) is 0 Å². The minimum atomic E-state index is -0.122. The molecule has 2 aromatic rings.